The molecule has 0 saturated carbocycles. The number of rotatable bonds is 14. The van der Waals surface area contributed by atoms with Gasteiger partial charge in [0, 0.05) is 19.0 Å². The predicted octanol–water partition coefficient (Wildman–Crippen LogP) is 4.76. The van der Waals surface area contributed by atoms with Crippen LogP contribution in [-0.4, -0.2) is 49.1 Å². The van der Waals surface area contributed by atoms with Gasteiger partial charge in [0.1, 0.15) is 11.8 Å². The van der Waals surface area contributed by atoms with Crippen LogP contribution in [0.3, 0.4) is 0 Å². The fourth-order valence-electron chi connectivity index (χ4n) is 3.62. The van der Waals surface area contributed by atoms with Gasteiger partial charge in [-0.05, 0) is 75.9 Å². The van der Waals surface area contributed by atoms with Gasteiger partial charge in [-0.15, -0.1) is 0 Å². The molecule has 2 atom stereocenters. The third kappa shape index (κ3) is 8.50. The first-order chi connectivity index (χ1) is 16.8. The van der Waals surface area contributed by atoms with Gasteiger partial charge in [0.25, 0.3) is 0 Å². The van der Waals surface area contributed by atoms with Gasteiger partial charge in [0.15, 0.2) is 11.5 Å². The highest BCUT2D eigenvalue weighted by molar-refractivity contribution is 5.87. The summed E-state index contributed by atoms with van der Waals surface area (Å²) < 4.78 is 16.6. The molecule has 2 rings (SSSR count). The van der Waals surface area contributed by atoms with Crippen molar-refractivity contribution in [3.63, 3.8) is 0 Å². The highest BCUT2D eigenvalue weighted by Gasteiger charge is 2.26. The van der Waals surface area contributed by atoms with Gasteiger partial charge < -0.3 is 24.4 Å². The van der Waals surface area contributed by atoms with Gasteiger partial charge in [-0.1, -0.05) is 25.1 Å². The number of amides is 2. The Morgan fingerprint density at radius 3 is 2.14 bits per heavy atom. The molecule has 192 valence electrons. The predicted molar refractivity (Wildman–Crippen MR) is 138 cm³/mol. The Labute approximate surface area is 209 Å². The molecule has 2 aromatic rings. The first kappa shape index (κ1) is 28.0. The molecule has 0 aromatic heterocycles. The van der Waals surface area contributed by atoms with Crippen LogP contribution >= 0.6 is 0 Å². The van der Waals surface area contributed by atoms with E-state index in [1.807, 2.05) is 70.2 Å². The standard InChI is InChI=1S/C28H40N2O5/c1-7-20(4)29-28(32)21(5)30(19-23-10-14-24(33-6)15-11-23)27(31)17-13-22-12-16-25(34-8-2)26(18-22)35-9-3/h10-12,14-16,18,20-21H,7-9,13,17,19H2,1-6H3,(H,29,32)/t20-,21-/m0/s1. The van der Waals surface area contributed by atoms with E-state index in [-0.39, 0.29) is 24.3 Å². The van der Waals surface area contributed by atoms with E-state index in [9.17, 15) is 9.59 Å². The average molecular weight is 485 g/mol. The van der Waals surface area contributed by atoms with Crippen molar-refractivity contribution in [3.8, 4) is 17.2 Å². The lowest BCUT2D eigenvalue weighted by atomic mass is 10.1. The van der Waals surface area contributed by atoms with Crippen LogP contribution in [0.5, 0.6) is 17.2 Å². The Morgan fingerprint density at radius 2 is 1.54 bits per heavy atom. The third-order valence-corrected chi connectivity index (χ3v) is 5.92. The van der Waals surface area contributed by atoms with Crippen molar-refractivity contribution in [2.45, 2.75) is 72.5 Å². The van der Waals surface area contributed by atoms with Crippen LogP contribution in [0.15, 0.2) is 42.5 Å². The fourth-order valence-corrected chi connectivity index (χ4v) is 3.62. The fraction of sp³-hybridized carbons (Fsp3) is 0.500. The minimum atomic E-state index is -0.599. The Hall–Kier alpha value is -3.22. The lowest BCUT2D eigenvalue weighted by Crippen LogP contribution is -2.49. The summed E-state index contributed by atoms with van der Waals surface area (Å²) in [5.41, 5.74) is 1.91. The lowest BCUT2D eigenvalue weighted by Gasteiger charge is -2.30. The van der Waals surface area contributed by atoms with Crippen molar-refractivity contribution in [1.29, 1.82) is 0 Å². The number of hydrogen-bond acceptors (Lipinski definition) is 5. The first-order valence-electron chi connectivity index (χ1n) is 12.4. The second-order valence-electron chi connectivity index (χ2n) is 8.51. The molecule has 0 spiro atoms. The first-order valence-corrected chi connectivity index (χ1v) is 12.4. The molecule has 0 heterocycles. The largest absolute Gasteiger partial charge is 0.497 e. The van der Waals surface area contributed by atoms with Gasteiger partial charge in [0.2, 0.25) is 11.8 Å². The molecule has 0 fully saturated rings. The van der Waals surface area contributed by atoms with E-state index < -0.39 is 6.04 Å². The molecule has 0 bridgehead atoms. The number of hydrogen-bond donors (Lipinski definition) is 1. The summed E-state index contributed by atoms with van der Waals surface area (Å²) in [6, 6.07) is 12.8. The van der Waals surface area contributed by atoms with Gasteiger partial charge in [-0.2, -0.15) is 0 Å². The van der Waals surface area contributed by atoms with Crippen LogP contribution in [0.25, 0.3) is 0 Å². The van der Waals surface area contributed by atoms with Crippen LogP contribution < -0.4 is 19.5 Å². The molecule has 0 aliphatic rings. The Balaban J connectivity index is 2.18. The number of aryl methyl sites for hydroxylation is 1. The molecule has 0 unspecified atom stereocenters. The highest BCUT2D eigenvalue weighted by Crippen LogP contribution is 2.29. The van der Waals surface area contributed by atoms with Gasteiger partial charge in [-0.25, -0.2) is 0 Å². The smallest absolute Gasteiger partial charge is 0.242 e. The zero-order chi connectivity index (χ0) is 25.8. The number of benzene rings is 2. The molecule has 7 heteroatoms. The SMILES string of the molecule is CCOc1ccc(CCC(=O)N(Cc2ccc(OC)cc2)[C@@H](C)C(=O)N[C@@H](C)CC)cc1OCC. The van der Waals surface area contributed by atoms with Crippen molar-refractivity contribution >= 4 is 11.8 Å². The maximum Gasteiger partial charge on any atom is 0.242 e. The van der Waals surface area contributed by atoms with E-state index in [1.54, 1.807) is 18.9 Å². The van der Waals surface area contributed by atoms with E-state index in [4.69, 9.17) is 14.2 Å². The summed E-state index contributed by atoms with van der Waals surface area (Å²) in [6.45, 7) is 11.0. The monoisotopic (exact) mass is 484 g/mol. The summed E-state index contributed by atoms with van der Waals surface area (Å²) in [6.07, 6.45) is 1.63. The molecule has 2 amide bonds. The van der Waals surface area contributed by atoms with E-state index in [0.29, 0.717) is 37.7 Å². The van der Waals surface area contributed by atoms with Crippen LogP contribution in [0.1, 0.15) is 58.6 Å². The second kappa shape index (κ2) is 14.2. The number of carbonyl (C=O) groups excluding carboxylic acids is 2. The Kier molecular flexibility index (Phi) is 11.4. The minimum absolute atomic E-state index is 0.0451. The van der Waals surface area contributed by atoms with Crippen LogP contribution in [0, 0.1) is 0 Å². The quantitative estimate of drug-likeness (QED) is 0.418. The van der Waals surface area contributed by atoms with Crippen molar-refractivity contribution < 1.29 is 23.8 Å². The zero-order valence-electron chi connectivity index (χ0n) is 21.9. The maximum atomic E-state index is 13.4. The maximum absolute atomic E-state index is 13.4. The molecule has 0 saturated heterocycles. The molecular weight excluding hydrogens is 444 g/mol. The topological polar surface area (TPSA) is 77.1 Å². The minimum Gasteiger partial charge on any atom is -0.497 e. The summed E-state index contributed by atoms with van der Waals surface area (Å²) in [5.74, 6) is 1.88. The third-order valence-electron chi connectivity index (χ3n) is 5.92. The molecule has 0 aliphatic carbocycles. The Morgan fingerprint density at radius 1 is 0.914 bits per heavy atom. The van der Waals surface area contributed by atoms with Gasteiger partial charge >= 0.3 is 0 Å². The molecule has 1 N–H and O–H groups in total. The number of nitrogens with zero attached hydrogens (tertiary/aromatic N) is 1. The van der Waals surface area contributed by atoms with Crippen molar-refractivity contribution in [1.82, 2.24) is 10.2 Å². The summed E-state index contributed by atoms with van der Waals surface area (Å²) in [7, 11) is 1.62. The normalized spacial score (nSPS) is 12.4. The lowest BCUT2D eigenvalue weighted by molar-refractivity contribution is -0.140. The van der Waals surface area contributed by atoms with Crippen molar-refractivity contribution in [2.24, 2.45) is 0 Å². The molecule has 2 aromatic carbocycles. The molecule has 0 aliphatic heterocycles. The Bertz CT molecular complexity index is 945. The second-order valence-corrected chi connectivity index (χ2v) is 8.51. The summed E-state index contributed by atoms with van der Waals surface area (Å²) in [4.78, 5) is 27.9. The molecule has 0 radical (unpaired) electrons. The van der Waals surface area contributed by atoms with E-state index in [2.05, 4.69) is 5.32 Å². The summed E-state index contributed by atoms with van der Waals surface area (Å²) in [5, 5.41) is 3.00. The van der Waals surface area contributed by atoms with Gasteiger partial charge in [-0.3, -0.25) is 9.59 Å². The number of carbonyl (C=O) groups is 2. The highest BCUT2D eigenvalue weighted by atomic mass is 16.5. The van der Waals surface area contributed by atoms with E-state index >= 15 is 0 Å². The van der Waals surface area contributed by atoms with E-state index in [1.165, 1.54) is 0 Å². The average Bonchev–Trinajstić information content (AvgIpc) is 2.87. The molecular formula is C28H40N2O5. The van der Waals surface area contributed by atoms with Crippen molar-refractivity contribution in [2.75, 3.05) is 20.3 Å². The van der Waals surface area contributed by atoms with Crippen LogP contribution in [0.4, 0.5) is 0 Å². The molecule has 35 heavy (non-hydrogen) atoms. The zero-order valence-corrected chi connectivity index (χ0v) is 21.9. The number of methoxy groups -OCH3 is 1. The number of ether oxygens (including phenoxy) is 3. The van der Waals surface area contributed by atoms with Gasteiger partial charge in [0.05, 0.1) is 20.3 Å². The van der Waals surface area contributed by atoms with Crippen molar-refractivity contribution in [3.05, 3.63) is 53.6 Å². The summed E-state index contributed by atoms with van der Waals surface area (Å²) >= 11 is 0. The van der Waals surface area contributed by atoms with Crippen LogP contribution in [0.2, 0.25) is 0 Å². The molecule has 7 nitrogen and oxygen atoms in total. The van der Waals surface area contributed by atoms with E-state index in [0.717, 1.165) is 23.3 Å². The number of nitrogens with one attached hydrogen (secondary N) is 1. The van der Waals surface area contributed by atoms with Crippen LogP contribution in [-0.2, 0) is 22.6 Å².